The second-order valence-electron chi connectivity index (χ2n) is 7.75. The molecule has 2 heterocycles. The Morgan fingerprint density at radius 3 is 2.68 bits per heavy atom. The average Bonchev–Trinajstić information content (AvgIpc) is 3.13. The van der Waals surface area contributed by atoms with Crippen LogP contribution in [0.25, 0.3) is 11.1 Å². The number of halogens is 1. The van der Waals surface area contributed by atoms with Crippen molar-refractivity contribution >= 4 is 38.6 Å². The molecule has 2 aromatic heterocycles. The maximum atomic E-state index is 12.4. The summed E-state index contributed by atoms with van der Waals surface area (Å²) in [6, 6.07) is 8.21. The van der Waals surface area contributed by atoms with Gasteiger partial charge in [-0.05, 0) is 49.6 Å². The van der Waals surface area contributed by atoms with Crippen molar-refractivity contribution in [1.29, 1.82) is 0 Å². The van der Waals surface area contributed by atoms with E-state index in [0.29, 0.717) is 16.5 Å². The number of hydrogen-bond donors (Lipinski definition) is 2. The number of nitrogens with one attached hydrogen (secondary N) is 1. The number of carbonyl (C=O) groups is 1. The van der Waals surface area contributed by atoms with Gasteiger partial charge < -0.3 is 14.2 Å². The maximum absolute atomic E-state index is 12.4. The van der Waals surface area contributed by atoms with Crippen LogP contribution in [0.4, 0.5) is 0 Å². The summed E-state index contributed by atoms with van der Waals surface area (Å²) in [7, 11) is -3.71. The zero-order chi connectivity index (χ0) is 19.7. The number of sulfonamides is 1. The Kier molecular flexibility index (Phi) is 3.54. The second kappa shape index (κ2) is 5.59. The molecule has 3 N–H and O–H groups in total. The number of nitrogens with two attached hydrogens (primary N) is 1. The number of furan rings is 1. The summed E-state index contributed by atoms with van der Waals surface area (Å²) < 4.78 is 33.4. The number of carbonyl (C=O) groups excluding carboxylic acids is 1. The van der Waals surface area contributed by atoms with Crippen LogP contribution in [0.15, 0.2) is 39.2 Å². The molecule has 0 aliphatic heterocycles. The Balaban J connectivity index is 1.26. The third-order valence-electron chi connectivity index (χ3n) is 5.44. The van der Waals surface area contributed by atoms with Crippen LogP contribution in [0.1, 0.15) is 41.5 Å². The van der Waals surface area contributed by atoms with Crippen LogP contribution in [-0.2, 0) is 21.2 Å². The van der Waals surface area contributed by atoms with Gasteiger partial charge in [0.05, 0.1) is 5.41 Å². The molecule has 0 saturated heterocycles. The smallest absolute Gasteiger partial charge is 0.287 e. The van der Waals surface area contributed by atoms with E-state index in [4.69, 9.17) is 25.6 Å². The third kappa shape index (κ3) is 2.81. The van der Waals surface area contributed by atoms with Gasteiger partial charge in [-0.2, -0.15) is 0 Å². The van der Waals surface area contributed by atoms with Crippen molar-refractivity contribution < 1.29 is 22.0 Å². The number of benzene rings is 1. The van der Waals surface area contributed by atoms with Crippen LogP contribution in [0.5, 0.6) is 0 Å². The summed E-state index contributed by atoms with van der Waals surface area (Å²) in [5.74, 6) is 0.0458. The van der Waals surface area contributed by atoms with Crippen molar-refractivity contribution in [3.8, 4) is 0 Å². The molecule has 6 rings (SSSR count). The lowest BCUT2D eigenvalue weighted by Gasteiger charge is -2.68. The molecule has 146 valence electrons. The predicted molar refractivity (Wildman–Crippen MR) is 100 cm³/mol. The molecule has 3 fully saturated rings. The minimum Gasteiger partial charge on any atom is -0.455 e. The molecule has 0 unspecified atom stereocenters. The number of nitrogens with zero attached hydrogens (tertiary/aromatic N) is 1. The summed E-state index contributed by atoms with van der Waals surface area (Å²) in [4.78, 5) is 17.0. The molecule has 0 radical (unpaired) electrons. The molecule has 3 aromatic rings. The summed E-state index contributed by atoms with van der Waals surface area (Å²) in [6.45, 7) is 0. The van der Waals surface area contributed by atoms with Crippen molar-refractivity contribution in [3.05, 3.63) is 52.8 Å². The molecule has 3 saturated carbocycles. The van der Waals surface area contributed by atoms with Gasteiger partial charge in [0.15, 0.2) is 11.3 Å². The van der Waals surface area contributed by atoms with Crippen LogP contribution in [0.3, 0.4) is 0 Å². The molecular weight excluding hydrogens is 406 g/mol. The molecule has 1 amide bonds. The normalized spacial score (nSPS) is 25.9. The molecular formula is C18H16ClN3O5S. The van der Waals surface area contributed by atoms with E-state index in [1.54, 1.807) is 18.2 Å². The first-order valence-corrected chi connectivity index (χ1v) is 10.7. The molecule has 10 heteroatoms. The first kappa shape index (κ1) is 17.7. The van der Waals surface area contributed by atoms with Gasteiger partial charge in [-0.25, -0.2) is 18.5 Å². The Hall–Kier alpha value is -2.36. The minimum atomic E-state index is -3.71. The first-order valence-electron chi connectivity index (χ1n) is 8.64. The van der Waals surface area contributed by atoms with Crippen molar-refractivity contribution in [2.24, 2.45) is 5.14 Å². The van der Waals surface area contributed by atoms with Crippen molar-refractivity contribution in [3.63, 3.8) is 0 Å². The standard InChI is InChI=1S/C18H16ClN3O5S/c19-10-1-3-13-12(5-10)21-16(27-13)17-7-18(8-17,9-17)22-15(23)14-4-2-11(26-14)6-28(20,24)25/h1-5H,6-9H2,(H,22,23)(H2,20,24,25). The Labute approximate surface area is 165 Å². The summed E-state index contributed by atoms with van der Waals surface area (Å²) >= 11 is 6.00. The van der Waals surface area contributed by atoms with Crippen LogP contribution in [0, 0.1) is 0 Å². The van der Waals surface area contributed by atoms with Crippen LogP contribution >= 0.6 is 11.6 Å². The zero-order valence-corrected chi connectivity index (χ0v) is 16.1. The lowest BCUT2D eigenvalue weighted by molar-refractivity contribution is -0.0958. The Bertz CT molecular complexity index is 1210. The fourth-order valence-corrected chi connectivity index (χ4v) is 5.07. The number of aromatic nitrogens is 1. The number of hydrogen-bond acceptors (Lipinski definition) is 6. The fourth-order valence-electron chi connectivity index (χ4n) is 4.35. The zero-order valence-electron chi connectivity index (χ0n) is 14.6. The maximum Gasteiger partial charge on any atom is 0.287 e. The quantitative estimate of drug-likeness (QED) is 0.651. The van der Waals surface area contributed by atoms with E-state index in [0.717, 1.165) is 24.8 Å². The number of amides is 1. The predicted octanol–water partition coefficient (Wildman–Crippen LogP) is 2.47. The molecule has 2 bridgehead atoms. The Morgan fingerprint density at radius 2 is 1.96 bits per heavy atom. The van der Waals surface area contributed by atoms with Crippen LogP contribution < -0.4 is 10.5 Å². The van der Waals surface area contributed by atoms with Gasteiger partial charge in [0, 0.05) is 10.6 Å². The highest BCUT2D eigenvalue weighted by atomic mass is 35.5. The fraction of sp³-hybridized carbons (Fsp3) is 0.333. The first-order chi connectivity index (χ1) is 13.2. The summed E-state index contributed by atoms with van der Waals surface area (Å²) in [5.41, 5.74) is 0.965. The van der Waals surface area contributed by atoms with E-state index in [2.05, 4.69) is 10.3 Å². The number of fused-ring (bicyclic) bond motifs is 1. The van der Waals surface area contributed by atoms with Crippen molar-refractivity contribution in [1.82, 2.24) is 10.3 Å². The molecule has 0 atom stereocenters. The lowest BCUT2D eigenvalue weighted by Crippen LogP contribution is -2.76. The van der Waals surface area contributed by atoms with Crippen molar-refractivity contribution in [2.75, 3.05) is 0 Å². The number of primary sulfonamides is 1. The summed E-state index contributed by atoms with van der Waals surface area (Å²) in [6.07, 6.45) is 2.20. The second-order valence-corrected chi connectivity index (χ2v) is 9.80. The van der Waals surface area contributed by atoms with E-state index in [-0.39, 0.29) is 28.4 Å². The number of oxazole rings is 1. The van der Waals surface area contributed by atoms with E-state index in [1.165, 1.54) is 12.1 Å². The largest absolute Gasteiger partial charge is 0.455 e. The molecule has 1 aromatic carbocycles. The minimum absolute atomic E-state index is 0.0638. The molecule has 8 nitrogen and oxygen atoms in total. The van der Waals surface area contributed by atoms with E-state index >= 15 is 0 Å². The monoisotopic (exact) mass is 421 g/mol. The van der Waals surface area contributed by atoms with Gasteiger partial charge >= 0.3 is 0 Å². The van der Waals surface area contributed by atoms with Gasteiger partial charge in [-0.3, -0.25) is 4.79 Å². The molecule has 28 heavy (non-hydrogen) atoms. The molecule has 0 spiro atoms. The number of rotatable bonds is 5. The Morgan fingerprint density at radius 1 is 1.21 bits per heavy atom. The lowest BCUT2D eigenvalue weighted by atomic mass is 9.39. The average molecular weight is 422 g/mol. The van der Waals surface area contributed by atoms with Crippen LogP contribution in [0.2, 0.25) is 5.02 Å². The van der Waals surface area contributed by atoms with Gasteiger partial charge in [-0.1, -0.05) is 11.6 Å². The van der Waals surface area contributed by atoms with Crippen molar-refractivity contribution in [2.45, 2.75) is 36.0 Å². The van der Waals surface area contributed by atoms with Gasteiger partial charge in [0.25, 0.3) is 5.91 Å². The van der Waals surface area contributed by atoms with E-state index < -0.39 is 15.8 Å². The van der Waals surface area contributed by atoms with Crippen LogP contribution in [-0.4, -0.2) is 24.8 Å². The highest BCUT2D eigenvalue weighted by molar-refractivity contribution is 7.88. The molecule has 3 aliphatic rings. The van der Waals surface area contributed by atoms with E-state index in [9.17, 15) is 13.2 Å². The van der Waals surface area contributed by atoms with Gasteiger partial charge in [0.1, 0.15) is 17.0 Å². The van der Waals surface area contributed by atoms with Gasteiger partial charge in [-0.15, -0.1) is 0 Å². The molecule has 3 aliphatic carbocycles. The SMILES string of the molecule is NS(=O)(=O)Cc1ccc(C(=O)NC23CC(c4nc5cc(Cl)ccc5o4)(C2)C3)o1. The summed E-state index contributed by atoms with van der Waals surface area (Å²) in [5, 5.41) is 8.58. The highest BCUT2D eigenvalue weighted by Gasteiger charge is 2.71. The van der Waals surface area contributed by atoms with Gasteiger partial charge in [0.2, 0.25) is 15.9 Å². The highest BCUT2D eigenvalue weighted by Crippen LogP contribution is 2.67. The third-order valence-corrected chi connectivity index (χ3v) is 6.36. The van der Waals surface area contributed by atoms with E-state index in [1.807, 2.05) is 0 Å². The topological polar surface area (TPSA) is 128 Å².